The van der Waals surface area contributed by atoms with Gasteiger partial charge in [-0.25, -0.2) is 0 Å². The Morgan fingerprint density at radius 3 is 2.23 bits per heavy atom. The van der Waals surface area contributed by atoms with Crippen LogP contribution < -0.4 is 0 Å². The van der Waals surface area contributed by atoms with Crippen molar-refractivity contribution in [3.05, 3.63) is 35.9 Å². The molecule has 3 saturated carbocycles. The first-order valence-electron chi connectivity index (χ1n) is 9.73. The molecule has 0 N–H and O–H groups in total. The third kappa shape index (κ3) is 2.36. The maximum Gasteiger partial charge on any atom is 0.143 e. The van der Waals surface area contributed by atoms with E-state index in [1.807, 2.05) is 0 Å². The molecule has 118 valence electrons. The molecule has 0 radical (unpaired) electrons. The molecule has 0 spiro atoms. The minimum absolute atomic E-state index is 0.585. The van der Waals surface area contributed by atoms with Gasteiger partial charge >= 0.3 is 0 Å². The third-order valence-electron chi connectivity index (χ3n) is 7.69. The fraction of sp³-hybridized carbons (Fsp3) is 0.714. The molecule has 22 heavy (non-hydrogen) atoms. The molecule has 1 heterocycles. The molecule has 0 nitrogen and oxygen atoms in total. The second kappa shape index (κ2) is 5.73. The van der Waals surface area contributed by atoms with Gasteiger partial charge in [0.25, 0.3) is 0 Å². The molecule has 0 aromatic heterocycles. The van der Waals surface area contributed by atoms with Crippen LogP contribution in [0, 0.1) is 17.3 Å². The SMILES string of the molecule is CC1(C)[C@H]2C[C@@H]1C(c1ccccc1)[C@H](B1CCCCCC1)C2. The van der Waals surface area contributed by atoms with Crippen molar-refractivity contribution in [3.63, 3.8) is 0 Å². The van der Waals surface area contributed by atoms with Crippen LogP contribution >= 0.6 is 0 Å². The van der Waals surface area contributed by atoms with Crippen LogP contribution in [-0.2, 0) is 0 Å². The Morgan fingerprint density at radius 2 is 1.59 bits per heavy atom. The van der Waals surface area contributed by atoms with Crippen LogP contribution in [-0.4, -0.2) is 6.71 Å². The van der Waals surface area contributed by atoms with E-state index in [2.05, 4.69) is 44.2 Å². The highest BCUT2D eigenvalue weighted by Crippen LogP contribution is 2.68. The molecular formula is C21H31B. The first-order valence-corrected chi connectivity index (χ1v) is 9.73. The van der Waals surface area contributed by atoms with Crippen LogP contribution in [0.25, 0.3) is 0 Å². The van der Waals surface area contributed by atoms with Gasteiger partial charge in [-0.2, -0.15) is 0 Å². The lowest BCUT2D eigenvalue weighted by atomic mass is 9.26. The average Bonchev–Trinajstić information content (AvgIpc) is 2.84. The van der Waals surface area contributed by atoms with Gasteiger partial charge in [-0.05, 0) is 35.2 Å². The van der Waals surface area contributed by atoms with Gasteiger partial charge < -0.3 is 0 Å². The quantitative estimate of drug-likeness (QED) is 0.563. The van der Waals surface area contributed by atoms with E-state index in [9.17, 15) is 0 Å². The summed E-state index contributed by atoms with van der Waals surface area (Å²) in [6, 6.07) is 11.5. The van der Waals surface area contributed by atoms with Crippen molar-refractivity contribution < 1.29 is 0 Å². The van der Waals surface area contributed by atoms with E-state index < -0.39 is 0 Å². The molecule has 1 aliphatic heterocycles. The molecule has 1 aromatic carbocycles. The van der Waals surface area contributed by atoms with Crippen molar-refractivity contribution in [1.82, 2.24) is 0 Å². The smallest absolute Gasteiger partial charge is 0.0739 e. The summed E-state index contributed by atoms with van der Waals surface area (Å²) in [5.41, 5.74) is 2.23. The van der Waals surface area contributed by atoms with Crippen molar-refractivity contribution >= 4 is 6.71 Å². The molecule has 1 unspecified atom stereocenters. The van der Waals surface area contributed by atoms with Gasteiger partial charge in [-0.15, -0.1) is 0 Å². The van der Waals surface area contributed by atoms with E-state index in [-0.39, 0.29) is 0 Å². The highest BCUT2D eigenvalue weighted by atomic mass is 14.6. The lowest BCUT2D eigenvalue weighted by Crippen LogP contribution is -2.55. The van der Waals surface area contributed by atoms with Crippen LogP contribution in [0.3, 0.4) is 0 Å². The van der Waals surface area contributed by atoms with Gasteiger partial charge in [0.1, 0.15) is 6.71 Å². The van der Waals surface area contributed by atoms with Gasteiger partial charge in [0.15, 0.2) is 0 Å². The highest BCUT2D eigenvalue weighted by molar-refractivity contribution is 6.60. The summed E-state index contributed by atoms with van der Waals surface area (Å²) in [6.07, 6.45) is 12.0. The normalized spacial score (nSPS) is 37.3. The second-order valence-electron chi connectivity index (χ2n) is 8.95. The number of hydrogen-bond acceptors (Lipinski definition) is 0. The molecule has 5 rings (SSSR count). The van der Waals surface area contributed by atoms with Crippen molar-refractivity contribution in [2.45, 2.75) is 76.7 Å². The Morgan fingerprint density at radius 1 is 0.909 bits per heavy atom. The third-order valence-corrected chi connectivity index (χ3v) is 7.69. The molecule has 1 aromatic rings. The maximum atomic E-state index is 2.55. The summed E-state index contributed by atoms with van der Waals surface area (Å²) in [6.45, 7) is 6.10. The van der Waals surface area contributed by atoms with Gasteiger partial charge in [-0.1, -0.05) is 94.7 Å². The summed E-state index contributed by atoms with van der Waals surface area (Å²) in [4.78, 5) is 0. The van der Waals surface area contributed by atoms with Crippen LogP contribution in [0.5, 0.6) is 0 Å². The Bertz CT molecular complexity index is 498. The molecule has 4 aliphatic rings. The van der Waals surface area contributed by atoms with E-state index in [0.29, 0.717) is 5.41 Å². The van der Waals surface area contributed by atoms with Crippen LogP contribution in [0.1, 0.15) is 63.9 Å². The molecule has 4 fully saturated rings. The summed E-state index contributed by atoms with van der Waals surface area (Å²) in [5, 5.41) is 0. The topological polar surface area (TPSA) is 0 Å². The standard InChI is InChI=1S/C21H31B/c1-21(2)17-14-18(21)20(16-10-6-5-7-11-16)19(15-17)22-12-8-3-4-9-13-22/h5-7,10-11,17-20H,3-4,8-9,12-15H2,1-2H3/t17-,18+,19+,20?/m0/s1. The fourth-order valence-corrected chi connectivity index (χ4v) is 6.22. The highest BCUT2D eigenvalue weighted by Gasteiger charge is 2.59. The lowest BCUT2D eigenvalue weighted by Gasteiger charge is -2.64. The van der Waals surface area contributed by atoms with Crippen molar-refractivity contribution in [3.8, 4) is 0 Å². The monoisotopic (exact) mass is 294 g/mol. The molecule has 3 aliphatic carbocycles. The molecule has 1 saturated heterocycles. The van der Waals surface area contributed by atoms with Crippen molar-refractivity contribution in [2.24, 2.45) is 17.3 Å². The Hall–Kier alpha value is -0.715. The van der Waals surface area contributed by atoms with E-state index in [4.69, 9.17) is 0 Å². The summed E-state index contributed by atoms with van der Waals surface area (Å²) in [5.74, 6) is 3.74. The van der Waals surface area contributed by atoms with E-state index in [0.717, 1.165) is 30.3 Å². The van der Waals surface area contributed by atoms with E-state index >= 15 is 0 Å². The molecule has 1 heteroatoms. The van der Waals surface area contributed by atoms with Gasteiger partial charge in [0.05, 0.1) is 0 Å². The average molecular weight is 294 g/mol. The molecule has 2 bridgehead atoms. The predicted octanol–water partition coefficient (Wildman–Crippen LogP) is 6.28. The fourth-order valence-electron chi connectivity index (χ4n) is 6.22. The van der Waals surface area contributed by atoms with Crippen LogP contribution in [0.2, 0.25) is 18.5 Å². The largest absolute Gasteiger partial charge is 0.143 e. The van der Waals surface area contributed by atoms with E-state index in [1.165, 1.54) is 51.2 Å². The van der Waals surface area contributed by atoms with E-state index in [1.54, 1.807) is 5.56 Å². The minimum atomic E-state index is 0.585. The number of fused-ring (bicyclic) bond motifs is 2. The number of rotatable bonds is 2. The Kier molecular flexibility index (Phi) is 3.87. The zero-order valence-electron chi connectivity index (χ0n) is 14.4. The van der Waals surface area contributed by atoms with Crippen molar-refractivity contribution in [2.75, 3.05) is 0 Å². The van der Waals surface area contributed by atoms with Gasteiger partial charge in [0, 0.05) is 0 Å². The first-order chi connectivity index (χ1) is 10.7. The first kappa shape index (κ1) is 14.9. The zero-order chi connectivity index (χ0) is 15.2. The van der Waals surface area contributed by atoms with Gasteiger partial charge in [0.2, 0.25) is 0 Å². The second-order valence-corrected chi connectivity index (χ2v) is 8.95. The van der Waals surface area contributed by atoms with Crippen LogP contribution in [0.4, 0.5) is 0 Å². The van der Waals surface area contributed by atoms with Gasteiger partial charge in [-0.3, -0.25) is 0 Å². The Balaban J connectivity index is 1.65. The summed E-state index contributed by atoms with van der Waals surface area (Å²) in [7, 11) is 0. The van der Waals surface area contributed by atoms with Crippen LogP contribution in [0.15, 0.2) is 30.3 Å². The minimum Gasteiger partial charge on any atom is -0.0739 e. The molecule has 4 atom stereocenters. The summed E-state index contributed by atoms with van der Waals surface area (Å²) >= 11 is 0. The summed E-state index contributed by atoms with van der Waals surface area (Å²) < 4.78 is 0. The Labute approximate surface area is 137 Å². The molecular weight excluding hydrogens is 263 g/mol. The number of hydrogen-bond donors (Lipinski definition) is 0. The molecule has 0 amide bonds. The zero-order valence-corrected chi connectivity index (χ0v) is 14.4. The van der Waals surface area contributed by atoms with Crippen molar-refractivity contribution in [1.29, 1.82) is 0 Å². The lowest BCUT2D eigenvalue weighted by molar-refractivity contribution is -0.0809. The number of benzene rings is 1. The maximum absolute atomic E-state index is 2.55. The predicted molar refractivity (Wildman–Crippen MR) is 96.8 cm³/mol.